The highest BCUT2D eigenvalue weighted by Crippen LogP contribution is 2.34. The van der Waals surface area contributed by atoms with Crippen molar-refractivity contribution in [3.8, 4) is 5.88 Å². The highest BCUT2D eigenvalue weighted by molar-refractivity contribution is 5.94. The predicted octanol–water partition coefficient (Wildman–Crippen LogP) is 2.64. The zero-order valence-electron chi connectivity index (χ0n) is 15.8. The maximum Gasteiger partial charge on any atom is 0.433 e. The first kappa shape index (κ1) is 19.4. The number of pyridine rings is 1. The van der Waals surface area contributed by atoms with Gasteiger partial charge in [-0.05, 0) is 30.9 Å². The molecule has 29 heavy (non-hydrogen) atoms. The molecular weight excluding hydrogens is 387 g/mol. The lowest BCUT2D eigenvalue weighted by Gasteiger charge is -2.39. The number of aromatic nitrogens is 3. The monoisotopic (exact) mass is 407 g/mol. The number of nitrogens with zero attached hydrogens (tertiary/aromatic N) is 5. The Kier molecular flexibility index (Phi) is 5.01. The molecule has 10 heteroatoms. The summed E-state index contributed by atoms with van der Waals surface area (Å²) in [5.74, 6) is 1.26. The van der Waals surface area contributed by atoms with Crippen LogP contribution in [-0.4, -0.2) is 58.5 Å². The number of likely N-dealkylation sites (tertiary alicyclic amines) is 1. The van der Waals surface area contributed by atoms with Gasteiger partial charge in [-0.1, -0.05) is 0 Å². The number of piperidine rings is 1. The number of hydrogen-bond acceptors (Lipinski definition) is 6. The van der Waals surface area contributed by atoms with Crippen LogP contribution in [0.15, 0.2) is 30.7 Å². The van der Waals surface area contributed by atoms with Crippen LogP contribution in [0.5, 0.6) is 5.88 Å². The third-order valence-corrected chi connectivity index (χ3v) is 5.58. The quantitative estimate of drug-likeness (QED) is 0.779. The van der Waals surface area contributed by atoms with E-state index in [1.807, 2.05) is 0 Å². The van der Waals surface area contributed by atoms with E-state index in [0.29, 0.717) is 24.9 Å². The maximum atomic E-state index is 12.9. The Balaban J connectivity index is 1.51. The van der Waals surface area contributed by atoms with Gasteiger partial charge in [-0.15, -0.1) is 0 Å². The van der Waals surface area contributed by atoms with Crippen molar-refractivity contribution in [3.63, 3.8) is 0 Å². The first-order valence-electron chi connectivity index (χ1n) is 9.32. The number of carbonyl (C=O) groups excluding carboxylic acids is 1. The molecule has 0 aliphatic carbocycles. The second-order valence-electron chi connectivity index (χ2n) is 7.20. The average molecular weight is 407 g/mol. The molecule has 154 valence electrons. The fraction of sp³-hybridized carbons (Fsp3) is 0.474. The zero-order chi connectivity index (χ0) is 20.6. The van der Waals surface area contributed by atoms with E-state index in [9.17, 15) is 18.0 Å². The summed E-state index contributed by atoms with van der Waals surface area (Å²) in [6.45, 7) is 1.99. The van der Waals surface area contributed by atoms with E-state index in [0.717, 1.165) is 37.5 Å². The molecule has 2 aliphatic heterocycles. The number of hydrogen-bond donors (Lipinski definition) is 0. The molecule has 4 rings (SSSR count). The maximum absolute atomic E-state index is 12.9. The number of amides is 1. The molecule has 7 nitrogen and oxygen atoms in total. The van der Waals surface area contributed by atoms with Crippen LogP contribution < -0.4 is 9.64 Å². The zero-order valence-corrected chi connectivity index (χ0v) is 15.8. The number of halogens is 3. The van der Waals surface area contributed by atoms with Crippen molar-refractivity contribution >= 4 is 11.7 Å². The SMILES string of the molecule is COc1cc(N2CCC3CCN(C(=O)c4ccc(C(F)(F)F)nc4)C3C2)ncn1. The molecule has 0 N–H and O–H groups in total. The Morgan fingerprint density at radius 1 is 1.17 bits per heavy atom. The summed E-state index contributed by atoms with van der Waals surface area (Å²) in [6, 6.07) is 3.77. The Bertz CT molecular complexity index is 890. The van der Waals surface area contributed by atoms with Gasteiger partial charge >= 0.3 is 6.18 Å². The van der Waals surface area contributed by atoms with Crippen molar-refractivity contribution in [3.05, 3.63) is 42.0 Å². The summed E-state index contributed by atoms with van der Waals surface area (Å²) in [6.07, 6.45) is -0.291. The minimum Gasteiger partial charge on any atom is -0.481 e. The van der Waals surface area contributed by atoms with E-state index in [1.54, 1.807) is 11.0 Å². The molecule has 2 aromatic rings. The van der Waals surface area contributed by atoms with Crippen molar-refractivity contribution in [2.75, 3.05) is 31.6 Å². The van der Waals surface area contributed by atoms with Gasteiger partial charge in [0.05, 0.1) is 18.7 Å². The number of fused-ring (bicyclic) bond motifs is 1. The van der Waals surface area contributed by atoms with Crippen LogP contribution >= 0.6 is 0 Å². The lowest BCUT2D eigenvalue weighted by molar-refractivity contribution is -0.141. The van der Waals surface area contributed by atoms with Crippen LogP contribution in [0.3, 0.4) is 0 Å². The van der Waals surface area contributed by atoms with Crippen molar-refractivity contribution in [2.24, 2.45) is 5.92 Å². The summed E-state index contributed by atoms with van der Waals surface area (Å²) in [5.41, 5.74) is -0.839. The van der Waals surface area contributed by atoms with Crippen LogP contribution in [0, 0.1) is 5.92 Å². The molecule has 2 aromatic heterocycles. The van der Waals surface area contributed by atoms with Gasteiger partial charge in [0.15, 0.2) is 0 Å². The summed E-state index contributed by atoms with van der Waals surface area (Å²) in [4.78, 5) is 28.5. The number of ether oxygens (including phenoxy) is 1. The fourth-order valence-corrected chi connectivity index (χ4v) is 4.07. The number of carbonyl (C=O) groups is 1. The third-order valence-electron chi connectivity index (χ3n) is 5.58. The molecular formula is C19H20F3N5O2. The smallest absolute Gasteiger partial charge is 0.433 e. The van der Waals surface area contributed by atoms with Gasteiger partial charge in [-0.25, -0.2) is 9.97 Å². The van der Waals surface area contributed by atoms with Gasteiger partial charge in [0, 0.05) is 31.9 Å². The van der Waals surface area contributed by atoms with Gasteiger partial charge in [0.2, 0.25) is 5.88 Å². The van der Waals surface area contributed by atoms with Crippen LogP contribution in [-0.2, 0) is 6.18 Å². The van der Waals surface area contributed by atoms with Crippen molar-refractivity contribution in [1.29, 1.82) is 0 Å². The molecule has 1 amide bonds. The molecule has 0 spiro atoms. The first-order valence-corrected chi connectivity index (χ1v) is 9.32. The van der Waals surface area contributed by atoms with E-state index in [1.165, 1.54) is 19.5 Å². The molecule has 4 heterocycles. The predicted molar refractivity (Wildman–Crippen MR) is 97.6 cm³/mol. The third kappa shape index (κ3) is 3.83. The lowest BCUT2D eigenvalue weighted by atomic mass is 9.92. The van der Waals surface area contributed by atoms with Gasteiger partial charge in [0.1, 0.15) is 17.8 Å². The van der Waals surface area contributed by atoms with E-state index in [4.69, 9.17) is 4.74 Å². The molecule has 2 atom stereocenters. The molecule has 2 fully saturated rings. The second kappa shape index (κ2) is 7.49. The Labute approximate surface area is 165 Å². The molecule has 2 unspecified atom stereocenters. The van der Waals surface area contributed by atoms with Crippen molar-refractivity contribution in [2.45, 2.75) is 25.1 Å². The van der Waals surface area contributed by atoms with Crippen molar-refractivity contribution < 1.29 is 22.7 Å². The van der Waals surface area contributed by atoms with E-state index in [-0.39, 0.29) is 17.5 Å². The Morgan fingerprint density at radius 2 is 1.97 bits per heavy atom. The van der Waals surface area contributed by atoms with E-state index >= 15 is 0 Å². The van der Waals surface area contributed by atoms with E-state index < -0.39 is 11.9 Å². The van der Waals surface area contributed by atoms with Crippen LogP contribution in [0.25, 0.3) is 0 Å². The molecule has 0 radical (unpaired) electrons. The topological polar surface area (TPSA) is 71.5 Å². The average Bonchev–Trinajstić information content (AvgIpc) is 3.16. The number of anilines is 1. The molecule has 0 saturated carbocycles. The molecule has 2 saturated heterocycles. The largest absolute Gasteiger partial charge is 0.481 e. The minimum absolute atomic E-state index is 0.0282. The van der Waals surface area contributed by atoms with Gasteiger partial charge in [-0.2, -0.15) is 13.2 Å². The molecule has 2 aliphatic rings. The summed E-state index contributed by atoms with van der Waals surface area (Å²) >= 11 is 0. The summed E-state index contributed by atoms with van der Waals surface area (Å²) in [7, 11) is 1.54. The lowest BCUT2D eigenvalue weighted by Crippen LogP contribution is -2.50. The van der Waals surface area contributed by atoms with Gasteiger partial charge in [-0.3, -0.25) is 9.78 Å². The normalized spacial score (nSPS) is 21.8. The van der Waals surface area contributed by atoms with Crippen molar-refractivity contribution in [1.82, 2.24) is 19.9 Å². The second-order valence-corrected chi connectivity index (χ2v) is 7.20. The number of alkyl halides is 3. The highest BCUT2D eigenvalue weighted by atomic mass is 19.4. The summed E-state index contributed by atoms with van der Waals surface area (Å²) in [5, 5.41) is 0. The molecule has 0 bridgehead atoms. The van der Waals surface area contributed by atoms with Crippen LogP contribution in [0.1, 0.15) is 28.9 Å². The van der Waals surface area contributed by atoms with Gasteiger partial charge < -0.3 is 14.5 Å². The summed E-state index contributed by atoms with van der Waals surface area (Å²) < 4.78 is 43.3. The molecule has 0 aromatic carbocycles. The van der Waals surface area contributed by atoms with Gasteiger partial charge in [0.25, 0.3) is 5.91 Å². The highest BCUT2D eigenvalue weighted by Gasteiger charge is 2.41. The fourth-order valence-electron chi connectivity index (χ4n) is 4.07. The van der Waals surface area contributed by atoms with E-state index in [2.05, 4.69) is 19.9 Å². The first-order chi connectivity index (χ1) is 13.9. The minimum atomic E-state index is -4.53. The van der Waals surface area contributed by atoms with Crippen LogP contribution in [0.4, 0.5) is 19.0 Å². The Hall–Kier alpha value is -2.91. The van der Waals surface area contributed by atoms with Crippen LogP contribution in [0.2, 0.25) is 0 Å². The standard InChI is InChI=1S/C19H20F3N5O2/c1-29-17-8-16(24-11-25-17)26-6-4-12-5-7-27(14(12)10-26)18(28)13-2-3-15(23-9-13)19(20,21)22/h2-3,8-9,11-12,14H,4-7,10H2,1H3. The number of rotatable bonds is 3. The number of methoxy groups -OCH3 is 1. The Morgan fingerprint density at radius 3 is 2.66 bits per heavy atom.